The number of ether oxygens (including phenoxy) is 1. The predicted octanol–water partition coefficient (Wildman–Crippen LogP) is 3.92. The molecule has 3 rings (SSSR count). The Balaban J connectivity index is 1.86. The highest BCUT2D eigenvalue weighted by atomic mass is 16.6. The van der Waals surface area contributed by atoms with Gasteiger partial charge in [0.15, 0.2) is 18.4 Å². The van der Waals surface area contributed by atoms with Crippen molar-refractivity contribution in [3.05, 3.63) is 71.8 Å². The molecule has 0 N–H and O–H groups in total. The van der Waals surface area contributed by atoms with Crippen LogP contribution in [0.2, 0.25) is 0 Å². The Hall–Kier alpha value is -2.99. The predicted molar refractivity (Wildman–Crippen MR) is 123 cm³/mol. The van der Waals surface area contributed by atoms with Crippen molar-refractivity contribution in [3.8, 4) is 0 Å². The van der Waals surface area contributed by atoms with Crippen molar-refractivity contribution in [2.24, 2.45) is 5.92 Å². The van der Waals surface area contributed by atoms with Gasteiger partial charge in [-0.05, 0) is 17.0 Å². The average molecular weight is 437 g/mol. The van der Waals surface area contributed by atoms with Gasteiger partial charge in [-0.3, -0.25) is 9.69 Å². The van der Waals surface area contributed by atoms with Gasteiger partial charge in [0.1, 0.15) is 13.2 Å². The zero-order valence-corrected chi connectivity index (χ0v) is 18.9. The number of nitrogens with zero attached hydrogens (tertiary/aromatic N) is 2. The van der Waals surface area contributed by atoms with E-state index in [2.05, 4.69) is 0 Å². The maximum absolute atomic E-state index is 13.6. The third-order valence-electron chi connectivity index (χ3n) is 5.67. The molecule has 2 aromatic rings. The summed E-state index contributed by atoms with van der Waals surface area (Å²) in [6, 6.07) is 18.0. The number of aldehydes is 1. The topological polar surface area (TPSA) is 69.6 Å². The molecule has 6 nitrogen and oxygen atoms in total. The smallest absolute Gasteiger partial charge is 0.410 e. The molecule has 0 aromatic heterocycles. The number of benzene rings is 2. The second-order valence-electron chi connectivity index (χ2n) is 8.67. The minimum atomic E-state index is -0.733. The lowest BCUT2D eigenvalue weighted by atomic mass is 10.0. The summed E-state index contributed by atoms with van der Waals surface area (Å²) in [6.07, 6.45) is 2.14. The molecule has 1 aliphatic rings. The number of carbonyl (C=O) groups is 3. The van der Waals surface area contributed by atoms with Crippen molar-refractivity contribution in [2.45, 2.75) is 51.8 Å². The summed E-state index contributed by atoms with van der Waals surface area (Å²) in [4.78, 5) is 41.6. The third-order valence-corrected chi connectivity index (χ3v) is 5.67. The summed E-state index contributed by atoms with van der Waals surface area (Å²) in [5.41, 5.74) is 1.84. The van der Waals surface area contributed by atoms with Gasteiger partial charge in [-0.2, -0.15) is 0 Å². The minimum absolute atomic E-state index is 0.140. The number of amides is 2. The van der Waals surface area contributed by atoms with Gasteiger partial charge < -0.3 is 4.74 Å². The van der Waals surface area contributed by atoms with Crippen molar-refractivity contribution < 1.29 is 19.1 Å². The summed E-state index contributed by atoms with van der Waals surface area (Å²) in [7, 11) is 0. The molecule has 2 amide bonds. The largest absolute Gasteiger partial charge is 0.445 e. The van der Waals surface area contributed by atoms with Crippen LogP contribution in [0.1, 0.15) is 37.8 Å². The Morgan fingerprint density at radius 1 is 1.06 bits per heavy atom. The van der Waals surface area contributed by atoms with Gasteiger partial charge in [-0.25, -0.2) is 9.59 Å². The lowest BCUT2D eigenvalue weighted by Crippen LogP contribution is -2.56. The van der Waals surface area contributed by atoms with Gasteiger partial charge in [0.25, 0.3) is 0 Å². The summed E-state index contributed by atoms with van der Waals surface area (Å²) < 4.78 is 5.62. The number of likely N-dealkylation sites (tertiary alicyclic amines) is 1. The second-order valence-corrected chi connectivity index (χ2v) is 8.67. The number of rotatable bonds is 9. The first-order valence-electron chi connectivity index (χ1n) is 11.3. The molecule has 0 spiro atoms. The van der Waals surface area contributed by atoms with Crippen LogP contribution >= 0.6 is 0 Å². The summed E-state index contributed by atoms with van der Waals surface area (Å²) >= 11 is 0. The lowest BCUT2D eigenvalue weighted by Gasteiger charge is -2.30. The Morgan fingerprint density at radius 2 is 1.69 bits per heavy atom. The molecule has 32 heavy (non-hydrogen) atoms. The fourth-order valence-corrected chi connectivity index (χ4v) is 4.09. The van der Waals surface area contributed by atoms with E-state index in [1.807, 2.05) is 74.5 Å². The van der Waals surface area contributed by atoms with Crippen LogP contribution in [0.5, 0.6) is 0 Å². The van der Waals surface area contributed by atoms with E-state index in [1.54, 1.807) is 9.80 Å². The zero-order valence-electron chi connectivity index (χ0n) is 18.9. The van der Waals surface area contributed by atoms with Gasteiger partial charge >= 0.3 is 12.0 Å². The monoisotopic (exact) mass is 436 g/mol. The maximum atomic E-state index is 13.6. The standard InChI is InChI=1S/C26H32N2O4/c1-20(2)17-28(26(31)32-19-22-12-7-4-8-13-22)24(16-21-10-5-3-6-11-21)25(30)27-15-9-14-23(27)18-29/h3-8,10-13,18,20,23-24H,9,14-17,19H2,1-2H3/q+1/t23-,24+/m0/s1. The first kappa shape index (κ1) is 23.7. The van der Waals surface area contributed by atoms with E-state index in [0.29, 0.717) is 25.9 Å². The molecule has 1 fully saturated rings. The molecule has 1 saturated heterocycles. The van der Waals surface area contributed by atoms with Gasteiger partial charge in [0.05, 0.1) is 0 Å². The zero-order chi connectivity index (χ0) is 22.9. The SMILES string of the molecule is CC(C)CN(C(=O)OCc1ccccc1)[C@H](Cc1ccccc1)C(=O)[N+]1CCC[C@H]1C=O. The molecule has 0 unspecified atom stereocenters. The Kier molecular flexibility index (Phi) is 8.56. The first-order chi connectivity index (χ1) is 15.5. The molecule has 2 atom stereocenters. The van der Waals surface area contributed by atoms with Crippen LogP contribution in [0.25, 0.3) is 0 Å². The van der Waals surface area contributed by atoms with Crippen molar-refractivity contribution in [1.82, 2.24) is 9.80 Å². The van der Waals surface area contributed by atoms with E-state index in [0.717, 1.165) is 23.8 Å². The molecule has 6 heteroatoms. The molecule has 169 valence electrons. The highest BCUT2D eigenvalue weighted by Gasteiger charge is 2.47. The molecule has 0 bridgehead atoms. The molecule has 1 radical (unpaired) electrons. The van der Waals surface area contributed by atoms with Crippen LogP contribution < -0.4 is 4.90 Å². The fourth-order valence-electron chi connectivity index (χ4n) is 4.09. The van der Waals surface area contributed by atoms with Crippen LogP contribution in [-0.4, -0.2) is 48.4 Å². The van der Waals surface area contributed by atoms with E-state index in [9.17, 15) is 14.4 Å². The molecule has 1 heterocycles. The fraction of sp³-hybridized carbons (Fsp3) is 0.423. The van der Waals surface area contributed by atoms with Gasteiger partial charge in [-0.15, -0.1) is 0 Å². The van der Waals surface area contributed by atoms with E-state index in [-0.39, 0.29) is 18.4 Å². The van der Waals surface area contributed by atoms with E-state index >= 15 is 0 Å². The maximum Gasteiger partial charge on any atom is 0.410 e. The van der Waals surface area contributed by atoms with E-state index in [4.69, 9.17) is 4.74 Å². The molecular weight excluding hydrogens is 404 g/mol. The lowest BCUT2D eigenvalue weighted by molar-refractivity contribution is -0.133. The van der Waals surface area contributed by atoms with Crippen molar-refractivity contribution >= 4 is 18.3 Å². The van der Waals surface area contributed by atoms with Crippen LogP contribution in [-0.2, 0) is 27.4 Å². The van der Waals surface area contributed by atoms with Gasteiger partial charge in [0, 0.05) is 25.8 Å². The van der Waals surface area contributed by atoms with Crippen LogP contribution in [0.4, 0.5) is 4.79 Å². The van der Waals surface area contributed by atoms with Crippen molar-refractivity contribution in [2.75, 3.05) is 13.1 Å². The van der Waals surface area contributed by atoms with E-state index in [1.165, 1.54) is 0 Å². The van der Waals surface area contributed by atoms with Crippen molar-refractivity contribution in [1.29, 1.82) is 0 Å². The quantitative estimate of drug-likeness (QED) is 0.441. The molecule has 1 aliphatic heterocycles. The second kappa shape index (κ2) is 11.6. The van der Waals surface area contributed by atoms with Crippen LogP contribution in [0, 0.1) is 5.92 Å². The molecular formula is C26H32N2O4+. The summed E-state index contributed by atoms with van der Waals surface area (Å²) in [5.74, 6) is -0.0495. The Labute approximate surface area is 190 Å². The van der Waals surface area contributed by atoms with Crippen LogP contribution in [0.3, 0.4) is 0 Å². The summed E-state index contributed by atoms with van der Waals surface area (Å²) in [6.45, 7) is 5.07. The highest BCUT2D eigenvalue weighted by molar-refractivity contribution is 5.90. The molecule has 0 aliphatic carbocycles. The first-order valence-corrected chi connectivity index (χ1v) is 11.3. The van der Waals surface area contributed by atoms with Gasteiger partial charge in [0.2, 0.25) is 0 Å². The number of hydrogen-bond acceptors (Lipinski definition) is 4. The van der Waals surface area contributed by atoms with Crippen molar-refractivity contribution in [3.63, 3.8) is 0 Å². The normalized spacial score (nSPS) is 17.2. The van der Waals surface area contributed by atoms with Crippen LogP contribution in [0.15, 0.2) is 60.7 Å². The average Bonchev–Trinajstić information content (AvgIpc) is 3.29. The van der Waals surface area contributed by atoms with E-state index < -0.39 is 18.2 Å². The minimum Gasteiger partial charge on any atom is -0.445 e. The summed E-state index contributed by atoms with van der Waals surface area (Å²) in [5, 5.41) is 0. The Bertz CT molecular complexity index is 885. The van der Waals surface area contributed by atoms with Gasteiger partial charge in [-0.1, -0.05) is 79.4 Å². The number of hydrogen-bond donors (Lipinski definition) is 0. The Morgan fingerprint density at radius 3 is 2.28 bits per heavy atom. The molecule has 0 saturated carbocycles. The third kappa shape index (κ3) is 6.26. The molecule has 2 aromatic carbocycles. The number of carbonyl (C=O) groups excluding carboxylic acids is 3. The highest BCUT2D eigenvalue weighted by Crippen LogP contribution is 2.20.